The second-order valence-electron chi connectivity index (χ2n) is 6.35. The third-order valence-electron chi connectivity index (χ3n) is 4.55. The van der Waals surface area contributed by atoms with Gasteiger partial charge in [0.1, 0.15) is 5.82 Å². The van der Waals surface area contributed by atoms with E-state index < -0.39 is 0 Å². The predicted molar refractivity (Wildman–Crippen MR) is 103 cm³/mol. The molecule has 0 aliphatic carbocycles. The van der Waals surface area contributed by atoms with Gasteiger partial charge in [0.25, 0.3) is 0 Å². The van der Waals surface area contributed by atoms with Crippen LogP contribution in [-0.4, -0.2) is 57.2 Å². The minimum atomic E-state index is -0.198. The number of primary amides is 1. The lowest BCUT2D eigenvalue weighted by atomic mass is 9.96. The van der Waals surface area contributed by atoms with Crippen molar-refractivity contribution in [3.63, 3.8) is 0 Å². The van der Waals surface area contributed by atoms with Gasteiger partial charge >= 0.3 is 0 Å². The Kier molecular flexibility index (Phi) is 8.14. The molecule has 0 radical (unpaired) electrons. The van der Waals surface area contributed by atoms with Crippen molar-refractivity contribution in [3.05, 3.63) is 23.9 Å². The standard InChI is InChI=1S/C18H30N6O2/c1-20-18(22-9-4-12-26-2)23-13-15-5-3-8-21-17(15)24-10-6-14(7-11-24)16(19)25/h3,5,8,14H,4,6-7,9-13H2,1-2H3,(H2,19,25)(H2,20,22,23). The van der Waals surface area contributed by atoms with Gasteiger partial charge in [-0.2, -0.15) is 0 Å². The molecule has 0 saturated carbocycles. The molecule has 1 aromatic rings. The number of aromatic nitrogens is 1. The smallest absolute Gasteiger partial charge is 0.220 e. The summed E-state index contributed by atoms with van der Waals surface area (Å²) in [6, 6.07) is 4.00. The molecule has 0 unspecified atom stereocenters. The Morgan fingerprint density at radius 1 is 1.42 bits per heavy atom. The zero-order valence-corrected chi connectivity index (χ0v) is 15.7. The van der Waals surface area contributed by atoms with Crippen LogP contribution in [0, 0.1) is 5.92 Å². The third kappa shape index (κ3) is 5.87. The maximum Gasteiger partial charge on any atom is 0.220 e. The van der Waals surface area contributed by atoms with Gasteiger partial charge in [-0.1, -0.05) is 6.07 Å². The summed E-state index contributed by atoms with van der Waals surface area (Å²) in [7, 11) is 3.45. The maximum absolute atomic E-state index is 11.4. The number of nitrogens with zero attached hydrogens (tertiary/aromatic N) is 3. The van der Waals surface area contributed by atoms with Crippen LogP contribution in [0.15, 0.2) is 23.3 Å². The van der Waals surface area contributed by atoms with Crippen LogP contribution in [0.25, 0.3) is 0 Å². The van der Waals surface area contributed by atoms with Crippen LogP contribution < -0.4 is 21.3 Å². The van der Waals surface area contributed by atoms with Crippen LogP contribution in [0.3, 0.4) is 0 Å². The van der Waals surface area contributed by atoms with Crippen molar-refractivity contribution in [2.24, 2.45) is 16.6 Å². The number of pyridine rings is 1. The Balaban J connectivity index is 1.91. The van der Waals surface area contributed by atoms with Crippen molar-refractivity contribution >= 4 is 17.7 Å². The molecule has 0 atom stereocenters. The van der Waals surface area contributed by atoms with Crippen molar-refractivity contribution < 1.29 is 9.53 Å². The number of amides is 1. The Hall–Kier alpha value is -2.35. The number of piperidine rings is 1. The number of rotatable bonds is 8. The molecule has 2 heterocycles. The van der Waals surface area contributed by atoms with Gasteiger partial charge in [0.2, 0.25) is 5.91 Å². The largest absolute Gasteiger partial charge is 0.385 e. The van der Waals surface area contributed by atoms with Gasteiger partial charge in [0.15, 0.2) is 5.96 Å². The van der Waals surface area contributed by atoms with Crippen molar-refractivity contribution in [1.82, 2.24) is 15.6 Å². The number of hydrogen-bond acceptors (Lipinski definition) is 5. The van der Waals surface area contributed by atoms with Crippen molar-refractivity contribution in [2.75, 3.05) is 45.3 Å². The second kappa shape index (κ2) is 10.6. The molecule has 2 rings (SSSR count). The van der Waals surface area contributed by atoms with Crippen LogP contribution in [0.4, 0.5) is 5.82 Å². The SMILES string of the molecule is CN=C(NCCCOC)NCc1cccnc1N1CCC(C(N)=O)CC1. The molecule has 144 valence electrons. The predicted octanol–water partition coefficient (Wildman–Crippen LogP) is 0.485. The summed E-state index contributed by atoms with van der Waals surface area (Å²) in [6.45, 7) is 3.73. The van der Waals surface area contributed by atoms with Gasteiger partial charge in [-0.05, 0) is 25.3 Å². The molecule has 0 bridgehead atoms. The summed E-state index contributed by atoms with van der Waals surface area (Å²) in [4.78, 5) is 22.4. The topological polar surface area (TPSA) is 105 Å². The lowest BCUT2D eigenvalue weighted by molar-refractivity contribution is -0.122. The van der Waals surface area contributed by atoms with Crippen LogP contribution >= 0.6 is 0 Å². The van der Waals surface area contributed by atoms with E-state index in [4.69, 9.17) is 10.5 Å². The molecule has 1 amide bonds. The molecule has 8 heteroatoms. The Bertz CT molecular complexity index is 599. The summed E-state index contributed by atoms with van der Waals surface area (Å²) in [5.41, 5.74) is 6.53. The van der Waals surface area contributed by atoms with E-state index in [0.29, 0.717) is 6.54 Å². The first-order valence-electron chi connectivity index (χ1n) is 9.07. The van der Waals surface area contributed by atoms with Crippen molar-refractivity contribution in [1.29, 1.82) is 0 Å². The number of methoxy groups -OCH3 is 1. The average Bonchev–Trinajstić information content (AvgIpc) is 2.68. The second-order valence-corrected chi connectivity index (χ2v) is 6.35. The van der Waals surface area contributed by atoms with Gasteiger partial charge < -0.3 is 26.0 Å². The third-order valence-corrected chi connectivity index (χ3v) is 4.55. The number of anilines is 1. The molecule has 1 saturated heterocycles. The molecule has 1 aliphatic rings. The molecule has 1 fully saturated rings. The summed E-state index contributed by atoms with van der Waals surface area (Å²) in [5.74, 6) is 1.49. The lowest BCUT2D eigenvalue weighted by Gasteiger charge is -2.32. The molecule has 0 aromatic carbocycles. The van der Waals surface area contributed by atoms with Gasteiger partial charge in [-0.3, -0.25) is 9.79 Å². The van der Waals surface area contributed by atoms with Gasteiger partial charge in [-0.15, -0.1) is 0 Å². The van der Waals surface area contributed by atoms with E-state index in [1.54, 1.807) is 20.4 Å². The van der Waals surface area contributed by atoms with E-state index in [1.807, 2.05) is 6.07 Å². The summed E-state index contributed by atoms with van der Waals surface area (Å²) < 4.78 is 5.05. The number of hydrogen-bond donors (Lipinski definition) is 3. The minimum absolute atomic E-state index is 0.0216. The zero-order valence-electron chi connectivity index (χ0n) is 15.7. The molecular formula is C18H30N6O2. The Labute approximate surface area is 155 Å². The normalized spacial score (nSPS) is 15.8. The zero-order chi connectivity index (χ0) is 18.8. The molecule has 4 N–H and O–H groups in total. The molecular weight excluding hydrogens is 332 g/mol. The van der Waals surface area contributed by atoms with E-state index in [0.717, 1.165) is 62.8 Å². The molecule has 8 nitrogen and oxygen atoms in total. The first-order valence-corrected chi connectivity index (χ1v) is 9.07. The fourth-order valence-corrected chi connectivity index (χ4v) is 3.05. The molecule has 0 spiro atoms. The van der Waals surface area contributed by atoms with Crippen LogP contribution in [-0.2, 0) is 16.1 Å². The lowest BCUT2D eigenvalue weighted by Crippen LogP contribution is -2.40. The number of carbonyl (C=O) groups is 1. The number of nitrogens with two attached hydrogens (primary N) is 1. The van der Waals surface area contributed by atoms with Gasteiger partial charge in [0, 0.05) is 64.6 Å². The molecule has 1 aromatic heterocycles. The van der Waals surface area contributed by atoms with E-state index in [1.165, 1.54) is 0 Å². The Morgan fingerprint density at radius 3 is 2.85 bits per heavy atom. The number of carbonyl (C=O) groups excluding carboxylic acids is 1. The fourth-order valence-electron chi connectivity index (χ4n) is 3.05. The van der Waals surface area contributed by atoms with Crippen LogP contribution in [0.1, 0.15) is 24.8 Å². The monoisotopic (exact) mass is 362 g/mol. The van der Waals surface area contributed by atoms with E-state index in [2.05, 4.69) is 31.6 Å². The maximum atomic E-state index is 11.4. The number of aliphatic imine (C=N–C) groups is 1. The van der Waals surface area contributed by atoms with Gasteiger partial charge in [-0.25, -0.2) is 4.98 Å². The highest BCUT2D eigenvalue weighted by Gasteiger charge is 2.24. The summed E-state index contributed by atoms with van der Waals surface area (Å²) in [5, 5.41) is 6.59. The van der Waals surface area contributed by atoms with Crippen LogP contribution in [0.2, 0.25) is 0 Å². The van der Waals surface area contributed by atoms with E-state index in [-0.39, 0.29) is 11.8 Å². The fraction of sp³-hybridized carbons (Fsp3) is 0.611. The van der Waals surface area contributed by atoms with Crippen molar-refractivity contribution in [2.45, 2.75) is 25.8 Å². The molecule has 1 aliphatic heterocycles. The quantitative estimate of drug-likeness (QED) is 0.353. The number of ether oxygens (including phenoxy) is 1. The summed E-state index contributed by atoms with van der Waals surface area (Å²) in [6.07, 6.45) is 4.28. The van der Waals surface area contributed by atoms with Crippen LogP contribution in [0.5, 0.6) is 0 Å². The highest BCUT2D eigenvalue weighted by molar-refractivity contribution is 5.79. The summed E-state index contributed by atoms with van der Waals surface area (Å²) >= 11 is 0. The first-order chi connectivity index (χ1) is 12.7. The molecule has 26 heavy (non-hydrogen) atoms. The number of nitrogens with one attached hydrogen (secondary N) is 2. The number of guanidine groups is 1. The highest BCUT2D eigenvalue weighted by atomic mass is 16.5. The van der Waals surface area contributed by atoms with Crippen molar-refractivity contribution in [3.8, 4) is 0 Å². The first kappa shape index (κ1) is 20.0. The van der Waals surface area contributed by atoms with E-state index >= 15 is 0 Å². The minimum Gasteiger partial charge on any atom is -0.385 e. The van der Waals surface area contributed by atoms with E-state index in [9.17, 15) is 4.79 Å². The highest BCUT2D eigenvalue weighted by Crippen LogP contribution is 2.24. The Morgan fingerprint density at radius 2 is 2.19 bits per heavy atom. The average molecular weight is 362 g/mol. The van der Waals surface area contributed by atoms with Gasteiger partial charge in [0.05, 0.1) is 0 Å².